The van der Waals surface area contributed by atoms with Crippen LogP contribution in [0.25, 0.3) is 0 Å². The van der Waals surface area contributed by atoms with Crippen LogP contribution in [0.5, 0.6) is 5.75 Å². The predicted octanol–water partition coefficient (Wildman–Crippen LogP) is 2.95. The highest BCUT2D eigenvalue weighted by Crippen LogP contribution is 2.27. The van der Waals surface area contributed by atoms with Crippen LogP contribution in [0.3, 0.4) is 0 Å². The Labute approximate surface area is 154 Å². The zero-order valence-corrected chi connectivity index (χ0v) is 15.0. The Balaban J connectivity index is 2.37. The summed E-state index contributed by atoms with van der Waals surface area (Å²) in [7, 11) is -3.19. The normalized spacial score (nSPS) is 12.0. The summed E-state index contributed by atoms with van der Waals surface area (Å²) >= 11 is 0. The van der Waals surface area contributed by atoms with Gasteiger partial charge in [0.2, 0.25) is 10.0 Å². The topological polar surface area (TPSA) is 72.9 Å². The van der Waals surface area contributed by atoms with Gasteiger partial charge in [0, 0.05) is 12.6 Å². The van der Waals surface area contributed by atoms with E-state index in [4.69, 9.17) is 0 Å². The van der Waals surface area contributed by atoms with E-state index in [1.54, 1.807) is 30.3 Å². The van der Waals surface area contributed by atoms with E-state index < -0.39 is 39.5 Å². The molecule has 0 fully saturated rings. The maximum absolute atomic E-state index is 12.9. The second-order valence-electron chi connectivity index (χ2n) is 5.36. The van der Waals surface area contributed by atoms with E-state index in [1.807, 2.05) is 0 Å². The molecule has 0 radical (unpaired) electrons. The fourth-order valence-electron chi connectivity index (χ4n) is 2.20. The largest absolute Gasteiger partial charge is 0.573 e. The van der Waals surface area contributed by atoms with Gasteiger partial charge < -0.3 is 9.47 Å². The van der Waals surface area contributed by atoms with Crippen molar-refractivity contribution < 1.29 is 35.9 Å². The van der Waals surface area contributed by atoms with Crippen molar-refractivity contribution in [2.75, 3.05) is 13.7 Å². The van der Waals surface area contributed by atoms with Crippen molar-refractivity contribution in [1.29, 1.82) is 0 Å². The molecule has 0 unspecified atom stereocenters. The van der Waals surface area contributed by atoms with E-state index >= 15 is 0 Å². The Hall–Kier alpha value is -2.59. The zero-order valence-electron chi connectivity index (χ0n) is 14.1. The molecule has 0 aliphatic heterocycles. The van der Waals surface area contributed by atoms with E-state index in [9.17, 15) is 26.4 Å². The van der Waals surface area contributed by atoms with Gasteiger partial charge in [-0.05, 0) is 17.7 Å². The number of ether oxygens (including phenoxy) is 2. The molecule has 146 valence electrons. The Kier molecular flexibility index (Phi) is 6.45. The lowest BCUT2D eigenvalue weighted by molar-refractivity contribution is -0.274. The van der Waals surface area contributed by atoms with Gasteiger partial charge in [0.05, 0.1) is 12.0 Å². The molecule has 2 aromatic carbocycles. The highest BCUT2D eigenvalue weighted by molar-refractivity contribution is 7.89. The maximum Gasteiger partial charge on any atom is 0.573 e. The Morgan fingerprint density at radius 2 is 1.74 bits per heavy atom. The van der Waals surface area contributed by atoms with Crippen LogP contribution >= 0.6 is 0 Å². The van der Waals surface area contributed by atoms with Crippen molar-refractivity contribution >= 4 is 16.0 Å². The van der Waals surface area contributed by atoms with Gasteiger partial charge in [-0.25, -0.2) is 8.42 Å². The van der Waals surface area contributed by atoms with Crippen molar-refractivity contribution in [3.63, 3.8) is 0 Å². The van der Waals surface area contributed by atoms with Crippen LogP contribution in [0, 0.1) is 0 Å². The van der Waals surface area contributed by atoms with Gasteiger partial charge in [0.1, 0.15) is 12.3 Å². The van der Waals surface area contributed by atoms with Crippen molar-refractivity contribution in [3.8, 4) is 5.75 Å². The molecule has 0 aliphatic carbocycles. The van der Waals surface area contributed by atoms with Crippen molar-refractivity contribution in [1.82, 2.24) is 4.31 Å². The molecule has 0 atom stereocenters. The lowest BCUT2D eigenvalue weighted by Gasteiger charge is -2.21. The SMILES string of the molecule is COC(=O)CN(Cc1ccccc1)S(=O)(=O)c1cccc(OC(F)(F)F)c1. The van der Waals surface area contributed by atoms with Crippen LogP contribution in [0.2, 0.25) is 0 Å². The van der Waals surface area contributed by atoms with Crippen molar-refractivity contribution in [2.24, 2.45) is 0 Å². The highest BCUT2D eigenvalue weighted by atomic mass is 32.2. The number of sulfonamides is 1. The number of alkyl halides is 3. The van der Waals surface area contributed by atoms with Gasteiger partial charge in [0.15, 0.2) is 0 Å². The second-order valence-corrected chi connectivity index (χ2v) is 7.30. The molecule has 0 spiro atoms. The smallest absolute Gasteiger partial charge is 0.468 e. The van der Waals surface area contributed by atoms with Gasteiger partial charge in [-0.1, -0.05) is 36.4 Å². The predicted molar refractivity (Wildman–Crippen MR) is 89.2 cm³/mol. The van der Waals surface area contributed by atoms with Crippen LogP contribution in [0.15, 0.2) is 59.5 Å². The summed E-state index contributed by atoms with van der Waals surface area (Å²) < 4.78 is 72.0. The minimum Gasteiger partial charge on any atom is -0.468 e. The van der Waals surface area contributed by atoms with E-state index in [1.165, 1.54) is 0 Å². The third kappa shape index (κ3) is 5.97. The Morgan fingerprint density at radius 3 is 2.33 bits per heavy atom. The van der Waals surface area contributed by atoms with Gasteiger partial charge >= 0.3 is 12.3 Å². The number of esters is 1. The van der Waals surface area contributed by atoms with Gasteiger partial charge in [0.25, 0.3) is 0 Å². The van der Waals surface area contributed by atoms with Crippen LogP contribution < -0.4 is 4.74 Å². The molecule has 0 N–H and O–H groups in total. The van der Waals surface area contributed by atoms with Gasteiger partial charge in [-0.3, -0.25) is 4.79 Å². The number of methoxy groups -OCH3 is 1. The molecule has 0 heterocycles. The lowest BCUT2D eigenvalue weighted by atomic mass is 10.2. The van der Waals surface area contributed by atoms with E-state index in [-0.39, 0.29) is 6.54 Å². The number of benzene rings is 2. The van der Waals surface area contributed by atoms with Crippen molar-refractivity contribution in [3.05, 3.63) is 60.2 Å². The van der Waals surface area contributed by atoms with Gasteiger partial charge in [-0.15, -0.1) is 13.2 Å². The fourth-order valence-corrected chi connectivity index (χ4v) is 3.61. The number of hydrogen-bond acceptors (Lipinski definition) is 5. The summed E-state index contributed by atoms with van der Waals surface area (Å²) in [5, 5.41) is 0. The van der Waals surface area contributed by atoms with Crippen LogP contribution in [-0.4, -0.2) is 38.7 Å². The molecular formula is C17H16F3NO5S. The summed E-state index contributed by atoms with van der Waals surface area (Å²) in [6, 6.07) is 12.4. The van der Waals surface area contributed by atoms with E-state index in [0.29, 0.717) is 5.56 Å². The molecule has 10 heteroatoms. The zero-order chi connectivity index (χ0) is 20.1. The summed E-state index contributed by atoms with van der Waals surface area (Å²) in [5.74, 6) is -1.49. The Bertz CT molecular complexity index is 885. The van der Waals surface area contributed by atoms with Crippen LogP contribution in [-0.2, 0) is 26.1 Å². The summed E-state index contributed by atoms with van der Waals surface area (Å²) in [6.45, 7) is -0.763. The first-order valence-electron chi connectivity index (χ1n) is 7.58. The third-order valence-corrected chi connectivity index (χ3v) is 5.20. The minimum atomic E-state index is -4.96. The number of nitrogens with zero attached hydrogens (tertiary/aromatic N) is 1. The monoisotopic (exact) mass is 403 g/mol. The van der Waals surface area contributed by atoms with Crippen molar-refractivity contribution in [2.45, 2.75) is 17.8 Å². The second kappa shape index (κ2) is 8.40. The summed E-state index contributed by atoms with van der Waals surface area (Å²) in [4.78, 5) is 11.2. The number of carbonyl (C=O) groups excluding carboxylic acids is 1. The van der Waals surface area contributed by atoms with E-state index in [0.717, 1.165) is 35.7 Å². The van der Waals surface area contributed by atoms with Crippen LogP contribution in [0.4, 0.5) is 13.2 Å². The molecule has 0 aromatic heterocycles. The highest BCUT2D eigenvalue weighted by Gasteiger charge is 2.32. The first-order valence-corrected chi connectivity index (χ1v) is 9.02. The quantitative estimate of drug-likeness (QED) is 0.665. The average molecular weight is 403 g/mol. The average Bonchev–Trinajstić information content (AvgIpc) is 2.60. The van der Waals surface area contributed by atoms with Crippen LogP contribution in [0.1, 0.15) is 5.56 Å². The minimum absolute atomic E-state index is 0.164. The molecule has 2 rings (SSSR count). The summed E-state index contributed by atoms with van der Waals surface area (Å²) in [6.07, 6.45) is -4.96. The molecule has 27 heavy (non-hydrogen) atoms. The third-order valence-electron chi connectivity index (χ3n) is 3.41. The fraction of sp³-hybridized carbons (Fsp3) is 0.235. The number of rotatable bonds is 7. The number of hydrogen-bond donors (Lipinski definition) is 0. The number of carbonyl (C=O) groups is 1. The number of halogens is 3. The molecular weight excluding hydrogens is 387 g/mol. The molecule has 0 amide bonds. The van der Waals surface area contributed by atoms with Gasteiger partial charge in [-0.2, -0.15) is 4.31 Å². The molecule has 0 saturated heterocycles. The lowest BCUT2D eigenvalue weighted by Crippen LogP contribution is -2.35. The first kappa shape index (κ1) is 20.7. The maximum atomic E-state index is 12.9. The molecule has 6 nitrogen and oxygen atoms in total. The standard InChI is InChI=1S/C17H16F3NO5S/c1-25-16(22)12-21(11-13-6-3-2-4-7-13)27(23,24)15-9-5-8-14(10-15)26-17(18,19)20/h2-10H,11-12H2,1H3. The summed E-state index contributed by atoms with van der Waals surface area (Å²) in [5.41, 5.74) is 0.590. The van der Waals surface area contributed by atoms with E-state index in [2.05, 4.69) is 9.47 Å². The Morgan fingerprint density at radius 1 is 1.07 bits per heavy atom. The molecule has 0 bridgehead atoms. The molecule has 0 aliphatic rings. The molecule has 2 aromatic rings. The molecule has 0 saturated carbocycles. The first-order chi connectivity index (χ1) is 12.6.